The van der Waals surface area contributed by atoms with Gasteiger partial charge in [-0.1, -0.05) is 6.42 Å². The van der Waals surface area contributed by atoms with E-state index < -0.39 is 0 Å². The minimum atomic E-state index is -0.162. The summed E-state index contributed by atoms with van der Waals surface area (Å²) in [7, 11) is 1.43. The van der Waals surface area contributed by atoms with Crippen molar-refractivity contribution in [1.82, 2.24) is 4.90 Å². The van der Waals surface area contributed by atoms with E-state index in [1.54, 1.807) is 0 Å². The van der Waals surface area contributed by atoms with Crippen molar-refractivity contribution >= 4 is 11.9 Å². The number of hydrogen-bond acceptors (Lipinski definition) is 3. The van der Waals surface area contributed by atoms with Crippen LogP contribution in [0.3, 0.4) is 0 Å². The van der Waals surface area contributed by atoms with Gasteiger partial charge in [-0.3, -0.25) is 9.59 Å². The zero-order valence-corrected chi connectivity index (χ0v) is 11.6. The average Bonchev–Trinajstić information content (AvgIpc) is 3.08. The molecule has 4 nitrogen and oxygen atoms in total. The number of amides is 1. The lowest BCUT2D eigenvalue weighted by Crippen LogP contribution is -2.46. The number of fused-ring (bicyclic) bond motifs is 2. The van der Waals surface area contributed by atoms with Crippen molar-refractivity contribution in [3.05, 3.63) is 0 Å². The van der Waals surface area contributed by atoms with Gasteiger partial charge in [-0.2, -0.15) is 0 Å². The first-order chi connectivity index (χ1) is 9.19. The summed E-state index contributed by atoms with van der Waals surface area (Å²) in [5, 5.41) is 0. The molecular weight excluding hydrogens is 242 g/mol. The van der Waals surface area contributed by atoms with Gasteiger partial charge >= 0.3 is 5.97 Å². The molecule has 0 N–H and O–H groups in total. The van der Waals surface area contributed by atoms with Gasteiger partial charge < -0.3 is 9.64 Å². The molecule has 1 heterocycles. The molecule has 0 aromatic carbocycles. The van der Waals surface area contributed by atoms with Crippen LogP contribution in [-0.2, 0) is 14.3 Å². The summed E-state index contributed by atoms with van der Waals surface area (Å²) in [6.07, 6.45) is 6.67. The lowest BCUT2D eigenvalue weighted by molar-refractivity contribution is -0.150. The maximum absolute atomic E-state index is 12.6. The zero-order chi connectivity index (χ0) is 13.4. The van der Waals surface area contributed by atoms with E-state index in [0.29, 0.717) is 18.4 Å². The molecule has 106 valence electrons. The highest BCUT2D eigenvalue weighted by atomic mass is 16.5. The van der Waals surface area contributed by atoms with Gasteiger partial charge in [0.25, 0.3) is 0 Å². The van der Waals surface area contributed by atoms with Gasteiger partial charge in [-0.15, -0.1) is 0 Å². The molecule has 0 aromatic rings. The zero-order valence-electron chi connectivity index (χ0n) is 11.6. The second kappa shape index (κ2) is 5.14. The largest absolute Gasteiger partial charge is 0.469 e. The molecule has 3 rings (SSSR count). The average molecular weight is 265 g/mol. The Balaban J connectivity index is 1.62. The Hall–Kier alpha value is -1.06. The lowest BCUT2D eigenvalue weighted by Gasteiger charge is -2.35. The number of nitrogens with zero attached hydrogens (tertiary/aromatic N) is 1. The summed E-state index contributed by atoms with van der Waals surface area (Å²) in [4.78, 5) is 26.2. The van der Waals surface area contributed by atoms with Gasteiger partial charge in [0.05, 0.1) is 13.0 Å². The molecule has 2 aliphatic carbocycles. The van der Waals surface area contributed by atoms with Gasteiger partial charge in [-0.05, 0) is 43.9 Å². The number of esters is 1. The summed E-state index contributed by atoms with van der Waals surface area (Å²) in [5.41, 5.74) is 0. The fourth-order valence-corrected chi connectivity index (χ4v) is 4.32. The Bertz CT molecular complexity index is 382. The molecule has 0 aromatic heterocycles. The van der Waals surface area contributed by atoms with Gasteiger partial charge in [0, 0.05) is 19.0 Å². The Morgan fingerprint density at radius 2 is 2.00 bits per heavy atom. The standard InChI is InChI=1S/C15H23NO3/c1-19-15(18)12-3-2-6-16(9-12)14(17)13-8-10-4-5-11(13)7-10/h10-13H,2-9H2,1H3. The summed E-state index contributed by atoms with van der Waals surface area (Å²) in [6.45, 7) is 1.39. The minimum absolute atomic E-state index is 0.110. The number of carbonyl (C=O) groups is 2. The molecule has 3 aliphatic rings. The molecule has 4 heteroatoms. The van der Waals surface area contributed by atoms with Crippen molar-refractivity contribution in [2.75, 3.05) is 20.2 Å². The highest BCUT2D eigenvalue weighted by molar-refractivity contribution is 5.81. The molecule has 2 saturated carbocycles. The molecule has 4 unspecified atom stereocenters. The number of likely N-dealkylation sites (tertiary alicyclic amines) is 1. The van der Waals surface area contributed by atoms with Crippen molar-refractivity contribution in [3.8, 4) is 0 Å². The van der Waals surface area contributed by atoms with Gasteiger partial charge in [0.15, 0.2) is 0 Å². The number of hydrogen-bond donors (Lipinski definition) is 0. The number of rotatable bonds is 2. The maximum atomic E-state index is 12.6. The molecule has 19 heavy (non-hydrogen) atoms. The smallest absolute Gasteiger partial charge is 0.310 e. The van der Waals surface area contributed by atoms with Crippen LogP contribution < -0.4 is 0 Å². The van der Waals surface area contributed by atoms with Crippen molar-refractivity contribution < 1.29 is 14.3 Å². The molecule has 0 radical (unpaired) electrons. The Morgan fingerprint density at radius 1 is 1.16 bits per heavy atom. The predicted octanol–water partition coefficient (Wildman–Crippen LogP) is 1.83. The van der Waals surface area contributed by atoms with Crippen molar-refractivity contribution in [1.29, 1.82) is 0 Å². The maximum Gasteiger partial charge on any atom is 0.310 e. The third-order valence-electron chi connectivity index (χ3n) is 5.32. The fraction of sp³-hybridized carbons (Fsp3) is 0.867. The SMILES string of the molecule is COC(=O)C1CCCN(C(=O)C2CC3CCC2C3)C1. The summed E-state index contributed by atoms with van der Waals surface area (Å²) < 4.78 is 4.82. The lowest BCUT2D eigenvalue weighted by atomic mass is 9.86. The van der Waals surface area contributed by atoms with Crippen LogP contribution in [0.15, 0.2) is 0 Å². The van der Waals surface area contributed by atoms with E-state index in [4.69, 9.17) is 4.74 Å². The van der Waals surface area contributed by atoms with Crippen molar-refractivity contribution in [2.45, 2.75) is 38.5 Å². The van der Waals surface area contributed by atoms with Crippen molar-refractivity contribution in [2.24, 2.45) is 23.7 Å². The number of ether oxygens (including phenoxy) is 1. The number of methoxy groups -OCH3 is 1. The van der Waals surface area contributed by atoms with Crippen molar-refractivity contribution in [3.63, 3.8) is 0 Å². The third kappa shape index (κ3) is 2.37. The molecule has 2 bridgehead atoms. The van der Waals surface area contributed by atoms with E-state index in [1.807, 2.05) is 4.90 Å². The summed E-state index contributed by atoms with van der Waals surface area (Å²) in [5.74, 6) is 1.69. The third-order valence-corrected chi connectivity index (χ3v) is 5.32. The highest BCUT2D eigenvalue weighted by Crippen LogP contribution is 2.49. The van der Waals surface area contributed by atoms with E-state index in [0.717, 1.165) is 31.7 Å². The molecule has 4 atom stereocenters. The van der Waals surface area contributed by atoms with E-state index in [-0.39, 0.29) is 17.8 Å². The Kier molecular flexibility index (Phi) is 3.50. The first-order valence-corrected chi connectivity index (χ1v) is 7.55. The molecule has 1 amide bonds. The van der Waals surface area contributed by atoms with Crippen LogP contribution in [0.25, 0.3) is 0 Å². The molecule has 1 aliphatic heterocycles. The molecule has 3 fully saturated rings. The van der Waals surface area contributed by atoms with Crippen LogP contribution >= 0.6 is 0 Å². The topological polar surface area (TPSA) is 46.6 Å². The Labute approximate surface area is 114 Å². The van der Waals surface area contributed by atoms with Crippen LogP contribution in [0.4, 0.5) is 0 Å². The van der Waals surface area contributed by atoms with Gasteiger partial charge in [0.1, 0.15) is 0 Å². The van der Waals surface area contributed by atoms with Crippen LogP contribution in [0.1, 0.15) is 38.5 Å². The second-order valence-electron chi connectivity index (χ2n) is 6.43. The van der Waals surface area contributed by atoms with Crippen LogP contribution in [0.5, 0.6) is 0 Å². The second-order valence-corrected chi connectivity index (χ2v) is 6.43. The first kappa shape index (κ1) is 12.9. The van der Waals surface area contributed by atoms with Gasteiger partial charge in [0.2, 0.25) is 5.91 Å². The van der Waals surface area contributed by atoms with E-state index in [9.17, 15) is 9.59 Å². The van der Waals surface area contributed by atoms with Crippen LogP contribution in [0, 0.1) is 23.7 Å². The number of piperidine rings is 1. The normalized spacial score (nSPS) is 37.4. The van der Waals surface area contributed by atoms with E-state index >= 15 is 0 Å². The minimum Gasteiger partial charge on any atom is -0.469 e. The predicted molar refractivity (Wildman–Crippen MR) is 70.3 cm³/mol. The highest BCUT2D eigenvalue weighted by Gasteiger charge is 2.45. The molecule has 0 spiro atoms. The van der Waals surface area contributed by atoms with Crippen LogP contribution in [-0.4, -0.2) is 37.0 Å². The fourth-order valence-electron chi connectivity index (χ4n) is 4.32. The summed E-state index contributed by atoms with van der Waals surface area (Å²) >= 11 is 0. The number of carbonyl (C=O) groups excluding carboxylic acids is 2. The monoisotopic (exact) mass is 265 g/mol. The first-order valence-electron chi connectivity index (χ1n) is 7.55. The van der Waals surface area contributed by atoms with E-state index in [1.165, 1.54) is 26.4 Å². The molecular formula is C15H23NO3. The van der Waals surface area contributed by atoms with Gasteiger partial charge in [-0.25, -0.2) is 0 Å². The summed E-state index contributed by atoms with van der Waals surface area (Å²) in [6, 6.07) is 0. The Morgan fingerprint density at radius 3 is 2.63 bits per heavy atom. The van der Waals surface area contributed by atoms with Crippen LogP contribution in [0.2, 0.25) is 0 Å². The quantitative estimate of drug-likeness (QED) is 0.716. The molecule has 1 saturated heterocycles. The van der Waals surface area contributed by atoms with E-state index in [2.05, 4.69) is 0 Å².